The maximum atomic E-state index is 12.9. The Bertz CT molecular complexity index is 1270. The van der Waals surface area contributed by atoms with Gasteiger partial charge in [0.1, 0.15) is 5.75 Å². The fourth-order valence-corrected chi connectivity index (χ4v) is 3.61. The summed E-state index contributed by atoms with van der Waals surface area (Å²) in [6.07, 6.45) is 0.690. The molecule has 0 aliphatic carbocycles. The van der Waals surface area contributed by atoms with Crippen LogP contribution < -0.4 is 26.2 Å². The first-order chi connectivity index (χ1) is 17.7. The van der Waals surface area contributed by atoms with Gasteiger partial charge in [0.25, 0.3) is 11.8 Å². The average Bonchev–Trinajstić information content (AvgIpc) is 2.89. The molecule has 0 aromatic heterocycles. The van der Waals surface area contributed by atoms with Crippen molar-refractivity contribution in [3.05, 3.63) is 94.0 Å². The van der Waals surface area contributed by atoms with E-state index < -0.39 is 11.8 Å². The number of carbonyl (C=O) groups is 3. The second-order valence-electron chi connectivity index (χ2n) is 8.31. The van der Waals surface area contributed by atoms with E-state index in [-0.39, 0.29) is 22.5 Å². The predicted octanol–water partition coefficient (Wildman–Crippen LogP) is 4.61. The molecule has 0 spiro atoms. The first kappa shape index (κ1) is 27.8. The van der Waals surface area contributed by atoms with Crippen molar-refractivity contribution >= 4 is 56.7 Å². The smallest absolute Gasteiger partial charge is 0.269 e. The minimum absolute atomic E-state index is 0.0885. The SMILES string of the molecule is CC(C)C(=O)Nc1ccc(C(=O)NNC(=S)NC(=O)c2cc(Br)ccc2OCCc2ccccc2)cc1. The Morgan fingerprint density at radius 3 is 2.30 bits per heavy atom. The summed E-state index contributed by atoms with van der Waals surface area (Å²) in [5, 5.41) is 5.21. The van der Waals surface area contributed by atoms with E-state index in [1.807, 2.05) is 30.3 Å². The number of carbonyl (C=O) groups excluding carboxylic acids is 3. The fourth-order valence-electron chi connectivity index (χ4n) is 3.11. The van der Waals surface area contributed by atoms with Crippen molar-refractivity contribution in [1.82, 2.24) is 16.2 Å². The van der Waals surface area contributed by atoms with Crippen LogP contribution in [0, 0.1) is 5.92 Å². The van der Waals surface area contributed by atoms with Crippen LogP contribution in [0.5, 0.6) is 5.75 Å². The lowest BCUT2D eigenvalue weighted by Gasteiger charge is -2.14. The lowest BCUT2D eigenvalue weighted by Crippen LogP contribution is -2.48. The summed E-state index contributed by atoms with van der Waals surface area (Å²) in [7, 11) is 0. The molecular weight excluding hydrogens is 556 g/mol. The van der Waals surface area contributed by atoms with Gasteiger partial charge in [0.2, 0.25) is 5.91 Å². The molecule has 0 atom stereocenters. The third-order valence-corrected chi connectivity index (χ3v) is 5.83. The van der Waals surface area contributed by atoms with Crippen molar-refractivity contribution in [3.8, 4) is 5.75 Å². The number of hydrazine groups is 1. The van der Waals surface area contributed by atoms with Gasteiger partial charge in [-0.05, 0) is 60.2 Å². The Morgan fingerprint density at radius 2 is 1.62 bits per heavy atom. The largest absolute Gasteiger partial charge is 0.492 e. The summed E-state index contributed by atoms with van der Waals surface area (Å²) in [6, 6.07) is 21.4. The first-order valence-electron chi connectivity index (χ1n) is 11.5. The number of anilines is 1. The Balaban J connectivity index is 1.52. The van der Waals surface area contributed by atoms with Crippen molar-refractivity contribution in [2.75, 3.05) is 11.9 Å². The number of ether oxygens (including phenoxy) is 1. The van der Waals surface area contributed by atoms with Gasteiger partial charge in [0.15, 0.2) is 5.11 Å². The van der Waals surface area contributed by atoms with Crippen LogP contribution >= 0.6 is 28.1 Å². The lowest BCUT2D eigenvalue weighted by atomic mass is 10.1. The third kappa shape index (κ3) is 8.69. The van der Waals surface area contributed by atoms with Gasteiger partial charge in [-0.25, -0.2) is 0 Å². The Morgan fingerprint density at radius 1 is 0.919 bits per heavy atom. The van der Waals surface area contributed by atoms with Crippen LogP contribution in [0.1, 0.15) is 40.1 Å². The van der Waals surface area contributed by atoms with Crippen molar-refractivity contribution in [2.24, 2.45) is 5.92 Å². The van der Waals surface area contributed by atoms with E-state index in [0.717, 1.165) is 5.56 Å². The molecule has 3 aromatic carbocycles. The zero-order chi connectivity index (χ0) is 26.8. The molecule has 3 aromatic rings. The second kappa shape index (κ2) is 13.5. The van der Waals surface area contributed by atoms with Gasteiger partial charge < -0.3 is 10.1 Å². The van der Waals surface area contributed by atoms with Crippen LogP contribution in [0.25, 0.3) is 0 Å². The number of amides is 3. The highest BCUT2D eigenvalue weighted by molar-refractivity contribution is 9.10. The molecular formula is C27H27BrN4O4S. The van der Waals surface area contributed by atoms with E-state index in [1.54, 1.807) is 56.3 Å². The maximum absolute atomic E-state index is 12.9. The molecule has 0 saturated carbocycles. The highest BCUT2D eigenvalue weighted by Gasteiger charge is 2.16. The van der Waals surface area contributed by atoms with Crippen LogP contribution in [0.3, 0.4) is 0 Å². The second-order valence-corrected chi connectivity index (χ2v) is 9.63. The van der Waals surface area contributed by atoms with Gasteiger partial charge >= 0.3 is 0 Å². The number of halogens is 1. The molecule has 0 radical (unpaired) electrons. The normalized spacial score (nSPS) is 10.4. The maximum Gasteiger partial charge on any atom is 0.269 e. The molecule has 0 heterocycles. The molecule has 8 nitrogen and oxygen atoms in total. The molecule has 0 saturated heterocycles. The third-order valence-electron chi connectivity index (χ3n) is 5.13. The minimum atomic E-state index is -0.493. The van der Waals surface area contributed by atoms with Crippen molar-refractivity contribution < 1.29 is 19.1 Å². The van der Waals surface area contributed by atoms with Gasteiger partial charge in [-0.15, -0.1) is 0 Å². The van der Waals surface area contributed by atoms with Crippen LogP contribution in [0.4, 0.5) is 5.69 Å². The Labute approximate surface area is 229 Å². The molecule has 0 aliphatic rings. The number of thiocarbonyl (C=S) groups is 1. The summed E-state index contributed by atoms with van der Waals surface area (Å²) in [6.45, 7) is 3.98. The van der Waals surface area contributed by atoms with Crippen molar-refractivity contribution in [3.63, 3.8) is 0 Å². The topological polar surface area (TPSA) is 109 Å². The highest BCUT2D eigenvalue weighted by atomic mass is 79.9. The first-order valence-corrected chi connectivity index (χ1v) is 12.7. The Kier molecular flexibility index (Phi) is 10.2. The molecule has 0 aliphatic heterocycles. The van der Waals surface area contributed by atoms with E-state index in [0.29, 0.717) is 34.5 Å². The monoisotopic (exact) mass is 582 g/mol. The summed E-state index contributed by atoms with van der Waals surface area (Å²) < 4.78 is 6.56. The van der Waals surface area contributed by atoms with Crippen molar-refractivity contribution in [2.45, 2.75) is 20.3 Å². The molecule has 3 rings (SSSR count). The van der Waals surface area contributed by atoms with E-state index in [9.17, 15) is 14.4 Å². The van der Waals surface area contributed by atoms with Gasteiger partial charge in [0, 0.05) is 28.1 Å². The Hall–Kier alpha value is -3.76. The average molecular weight is 584 g/mol. The molecule has 192 valence electrons. The highest BCUT2D eigenvalue weighted by Crippen LogP contribution is 2.23. The molecule has 0 fully saturated rings. The number of nitrogens with one attached hydrogen (secondary N) is 4. The van der Waals surface area contributed by atoms with Crippen LogP contribution in [-0.2, 0) is 11.2 Å². The van der Waals surface area contributed by atoms with Gasteiger partial charge in [-0.2, -0.15) is 0 Å². The van der Waals surface area contributed by atoms with Gasteiger partial charge in [-0.1, -0.05) is 60.1 Å². The number of rotatable bonds is 8. The molecule has 10 heteroatoms. The minimum Gasteiger partial charge on any atom is -0.492 e. The molecule has 0 unspecified atom stereocenters. The van der Waals surface area contributed by atoms with E-state index in [4.69, 9.17) is 17.0 Å². The standard InChI is InChI=1S/C27H27BrN4O4S/c1-17(2)24(33)29-21-11-8-19(9-12-21)25(34)31-32-27(37)30-26(35)22-16-20(28)10-13-23(22)36-15-14-18-6-4-3-5-7-18/h3-13,16-17H,14-15H2,1-2H3,(H,29,33)(H,31,34)(H2,30,32,35,37). The fraction of sp³-hybridized carbons (Fsp3) is 0.185. The summed E-state index contributed by atoms with van der Waals surface area (Å²) >= 11 is 8.53. The van der Waals surface area contributed by atoms with Crippen LogP contribution in [-0.4, -0.2) is 29.4 Å². The van der Waals surface area contributed by atoms with Crippen LogP contribution in [0.2, 0.25) is 0 Å². The quantitative estimate of drug-likeness (QED) is 0.228. The zero-order valence-electron chi connectivity index (χ0n) is 20.3. The van der Waals surface area contributed by atoms with E-state index in [1.165, 1.54) is 0 Å². The summed E-state index contributed by atoms with van der Waals surface area (Å²) in [4.78, 5) is 37.1. The number of hydrogen-bond donors (Lipinski definition) is 4. The summed E-state index contributed by atoms with van der Waals surface area (Å²) in [5.41, 5.74) is 7.30. The molecule has 37 heavy (non-hydrogen) atoms. The van der Waals surface area contributed by atoms with Gasteiger partial charge in [0.05, 0.1) is 12.2 Å². The molecule has 0 bridgehead atoms. The summed E-state index contributed by atoms with van der Waals surface area (Å²) in [5.74, 6) is -0.820. The van der Waals surface area contributed by atoms with E-state index >= 15 is 0 Å². The molecule has 3 amide bonds. The number of benzene rings is 3. The van der Waals surface area contributed by atoms with E-state index in [2.05, 4.69) is 37.4 Å². The predicted molar refractivity (Wildman–Crippen MR) is 150 cm³/mol. The number of hydrogen-bond acceptors (Lipinski definition) is 5. The molecule has 4 N–H and O–H groups in total. The van der Waals surface area contributed by atoms with Crippen LogP contribution in [0.15, 0.2) is 77.3 Å². The lowest BCUT2D eigenvalue weighted by molar-refractivity contribution is -0.118. The van der Waals surface area contributed by atoms with Crippen molar-refractivity contribution in [1.29, 1.82) is 0 Å². The zero-order valence-corrected chi connectivity index (χ0v) is 22.7. The van der Waals surface area contributed by atoms with Gasteiger partial charge in [-0.3, -0.25) is 30.6 Å².